The van der Waals surface area contributed by atoms with Gasteiger partial charge in [-0.15, -0.1) is 0 Å². The molecule has 1 aromatic rings. The van der Waals surface area contributed by atoms with E-state index in [1.54, 1.807) is 0 Å². The average molecular weight is 240 g/mol. The first-order valence-electron chi connectivity index (χ1n) is 4.31. The van der Waals surface area contributed by atoms with Crippen molar-refractivity contribution < 1.29 is 18.0 Å². The number of carbonyl (C=O) groups excluding carboxylic acids is 2. The molecule has 0 saturated carbocycles. The van der Waals surface area contributed by atoms with Crippen LogP contribution in [0.3, 0.4) is 0 Å². The van der Waals surface area contributed by atoms with Crippen LogP contribution in [0.4, 0.5) is 0 Å². The fraction of sp³-hybridized carbons (Fsp3) is 0.111. The molecule has 1 aromatic carbocycles. The highest BCUT2D eigenvalue weighted by Gasteiger charge is 2.33. The Kier molecular flexibility index (Phi) is 2.11. The number of nitrogens with two attached hydrogens (primary N) is 1. The van der Waals surface area contributed by atoms with Crippen LogP contribution in [0.25, 0.3) is 0 Å². The van der Waals surface area contributed by atoms with E-state index in [1.165, 1.54) is 19.2 Å². The van der Waals surface area contributed by atoms with E-state index in [1.807, 2.05) is 0 Å². The number of fused-ring (bicyclic) bond motifs is 1. The summed E-state index contributed by atoms with van der Waals surface area (Å²) < 4.78 is 22.1. The molecule has 0 aromatic heterocycles. The summed E-state index contributed by atoms with van der Waals surface area (Å²) in [6.07, 6.45) is 0. The third kappa shape index (κ3) is 1.41. The summed E-state index contributed by atoms with van der Waals surface area (Å²) in [6, 6.07) is 3.62. The molecule has 0 atom stereocenters. The molecule has 16 heavy (non-hydrogen) atoms. The van der Waals surface area contributed by atoms with Gasteiger partial charge >= 0.3 is 0 Å². The van der Waals surface area contributed by atoms with Crippen LogP contribution in [0.5, 0.6) is 0 Å². The molecule has 0 radical (unpaired) electrons. The zero-order valence-electron chi connectivity index (χ0n) is 8.30. The molecule has 0 fully saturated rings. The smallest absolute Gasteiger partial charge is 0.261 e. The van der Waals surface area contributed by atoms with Gasteiger partial charge < -0.3 is 0 Å². The minimum Gasteiger partial charge on any atom is -0.277 e. The van der Waals surface area contributed by atoms with Crippen molar-refractivity contribution in [2.75, 3.05) is 7.05 Å². The molecule has 6 nitrogen and oxygen atoms in total. The second-order valence-electron chi connectivity index (χ2n) is 3.42. The molecule has 2 amide bonds. The van der Waals surface area contributed by atoms with E-state index >= 15 is 0 Å². The number of carbonyl (C=O) groups is 2. The lowest BCUT2D eigenvalue weighted by Crippen LogP contribution is -2.24. The molecule has 1 aliphatic rings. The van der Waals surface area contributed by atoms with Crippen LogP contribution in [-0.2, 0) is 10.0 Å². The number of amides is 2. The molecule has 0 bridgehead atoms. The summed E-state index contributed by atoms with van der Waals surface area (Å²) >= 11 is 0. The molecular formula is C9H8N2O4S. The number of imide groups is 1. The highest BCUT2D eigenvalue weighted by Crippen LogP contribution is 2.23. The van der Waals surface area contributed by atoms with E-state index in [0.29, 0.717) is 0 Å². The van der Waals surface area contributed by atoms with Gasteiger partial charge in [-0.3, -0.25) is 14.5 Å². The van der Waals surface area contributed by atoms with Crippen molar-refractivity contribution >= 4 is 21.8 Å². The van der Waals surface area contributed by atoms with Gasteiger partial charge in [0, 0.05) is 7.05 Å². The van der Waals surface area contributed by atoms with Gasteiger partial charge in [0.1, 0.15) is 0 Å². The first-order chi connectivity index (χ1) is 7.32. The van der Waals surface area contributed by atoms with E-state index in [9.17, 15) is 18.0 Å². The topological polar surface area (TPSA) is 97.5 Å². The van der Waals surface area contributed by atoms with Crippen molar-refractivity contribution in [3.63, 3.8) is 0 Å². The van der Waals surface area contributed by atoms with Crippen molar-refractivity contribution in [2.24, 2.45) is 5.14 Å². The van der Waals surface area contributed by atoms with Gasteiger partial charge in [0.05, 0.1) is 16.0 Å². The predicted octanol–water partition coefficient (Wildman–Crippen LogP) is -0.440. The highest BCUT2D eigenvalue weighted by molar-refractivity contribution is 7.89. The molecule has 0 aliphatic carbocycles. The average Bonchev–Trinajstić information content (AvgIpc) is 2.43. The Hall–Kier alpha value is -1.73. The van der Waals surface area contributed by atoms with E-state index in [0.717, 1.165) is 11.0 Å². The molecule has 0 unspecified atom stereocenters. The van der Waals surface area contributed by atoms with E-state index in [4.69, 9.17) is 5.14 Å². The van der Waals surface area contributed by atoms with Gasteiger partial charge in [-0.05, 0) is 18.2 Å². The Morgan fingerprint density at radius 3 is 2.25 bits per heavy atom. The van der Waals surface area contributed by atoms with E-state index < -0.39 is 21.8 Å². The third-order valence-corrected chi connectivity index (χ3v) is 3.30. The lowest BCUT2D eigenvalue weighted by atomic mass is 10.1. The maximum Gasteiger partial charge on any atom is 0.261 e. The zero-order chi connectivity index (χ0) is 12.1. The first-order valence-corrected chi connectivity index (χ1v) is 5.86. The van der Waals surface area contributed by atoms with Crippen LogP contribution in [0.2, 0.25) is 0 Å². The molecule has 1 aliphatic heterocycles. The van der Waals surface area contributed by atoms with E-state index in [-0.39, 0.29) is 16.0 Å². The second-order valence-corrected chi connectivity index (χ2v) is 4.98. The minimum absolute atomic E-state index is 0.0685. The Morgan fingerprint density at radius 2 is 1.69 bits per heavy atom. The van der Waals surface area contributed by atoms with Gasteiger partial charge in [-0.25, -0.2) is 13.6 Å². The van der Waals surface area contributed by atoms with Crippen molar-refractivity contribution in [3.8, 4) is 0 Å². The second kappa shape index (κ2) is 3.13. The quantitative estimate of drug-likeness (QED) is 0.673. The molecule has 7 heteroatoms. The molecule has 2 N–H and O–H groups in total. The summed E-state index contributed by atoms with van der Waals surface area (Å²) in [5.74, 6) is -0.966. The molecule has 2 rings (SSSR count). The molecule has 0 saturated heterocycles. The number of rotatable bonds is 1. The van der Waals surface area contributed by atoms with Gasteiger partial charge in [0.2, 0.25) is 10.0 Å². The number of hydrogen-bond acceptors (Lipinski definition) is 4. The largest absolute Gasteiger partial charge is 0.277 e. The standard InChI is InChI=1S/C9H8N2O4S/c1-11-8(12)6-3-2-5(16(10,14)15)4-7(6)9(11)13/h2-4H,1H3,(H2,10,14,15). The van der Waals surface area contributed by atoms with Crippen molar-refractivity contribution in [1.29, 1.82) is 0 Å². The van der Waals surface area contributed by atoms with Crippen LogP contribution in [0.1, 0.15) is 20.7 Å². The number of hydrogen-bond donors (Lipinski definition) is 1. The van der Waals surface area contributed by atoms with Crippen molar-refractivity contribution in [3.05, 3.63) is 29.3 Å². The molecule has 0 spiro atoms. The Labute approximate surface area is 91.7 Å². The SMILES string of the molecule is CN1C(=O)c2ccc(S(N)(=O)=O)cc2C1=O. The van der Waals surface area contributed by atoms with Gasteiger partial charge in [-0.2, -0.15) is 0 Å². The maximum absolute atomic E-state index is 11.6. The summed E-state index contributed by atoms with van der Waals surface area (Å²) in [6.45, 7) is 0. The van der Waals surface area contributed by atoms with Crippen molar-refractivity contribution in [2.45, 2.75) is 4.90 Å². The minimum atomic E-state index is -3.86. The Bertz CT molecular complexity index is 606. The van der Waals surface area contributed by atoms with E-state index in [2.05, 4.69) is 0 Å². The van der Waals surface area contributed by atoms with Crippen molar-refractivity contribution in [1.82, 2.24) is 4.90 Å². The van der Waals surface area contributed by atoms with Gasteiger partial charge in [-0.1, -0.05) is 0 Å². The normalized spacial score (nSPS) is 15.5. The molecule has 84 valence electrons. The Balaban J connectivity index is 2.67. The zero-order valence-corrected chi connectivity index (χ0v) is 9.11. The summed E-state index contributed by atoms with van der Waals surface area (Å²) in [5.41, 5.74) is 0.263. The lowest BCUT2D eigenvalue weighted by molar-refractivity contribution is 0.0693. The fourth-order valence-electron chi connectivity index (χ4n) is 1.52. The summed E-state index contributed by atoms with van der Waals surface area (Å²) in [4.78, 5) is 23.8. The maximum atomic E-state index is 11.6. The van der Waals surface area contributed by atoms with Gasteiger partial charge in [0.15, 0.2) is 0 Å². The summed E-state index contributed by atoms with van der Waals surface area (Å²) in [7, 11) is -2.53. The van der Waals surface area contributed by atoms with Crippen LogP contribution < -0.4 is 5.14 Å². The summed E-state index contributed by atoms with van der Waals surface area (Å²) in [5, 5.41) is 4.93. The number of benzene rings is 1. The fourth-order valence-corrected chi connectivity index (χ4v) is 2.06. The number of primary sulfonamides is 1. The van der Waals surface area contributed by atoms with Crippen LogP contribution >= 0.6 is 0 Å². The molecular weight excluding hydrogens is 232 g/mol. The predicted molar refractivity (Wildman–Crippen MR) is 54.2 cm³/mol. The molecule has 1 heterocycles. The van der Waals surface area contributed by atoms with Crippen LogP contribution in [0.15, 0.2) is 23.1 Å². The highest BCUT2D eigenvalue weighted by atomic mass is 32.2. The van der Waals surface area contributed by atoms with Gasteiger partial charge in [0.25, 0.3) is 11.8 Å². The monoisotopic (exact) mass is 240 g/mol. The Morgan fingerprint density at radius 1 is 1.12 bits per heavy atom. The number of nitrogens with zero attached hydrogens (tertiary/aromatic N) is 1. The lowest BCUT2D eigenvalue weighted by Gasteiger charge is -2.02. The first kappa shape index (κ1) is 10.8. The van der Waals surface area contributed by atoms with Crippen LogP contribution in [-0.4, -0.2) is 32.2 Å². The third-order valence-electron chi connectivity index (χ3n) is 2.39. The van der Waals surface area contributed by atoms with Crippen LogP contribution in [0, 0.1) is 0 Å². The number of sulfonamides is 1.